The van der Waals surface area contributed by atoms with Crippen LogP contribution in [0.15, 0.2) is 23.4 Å². The van der Waals surface area contributed by atoms with Gasteiger partial charge in [-0.15, -0.1) is 10.2 Å². The van der Waals surface area contributed by atoms with Gasteiger partial charge in [-0.2, -0.15) is 0 Å². The van der Waals surface area contributed by atoms with E-state index in [0.717, 1.165) is 0 Å². The second-order valence-corrected chi connectivity index (χ2v) is 6.29. The number of nitrogens with zero attached hydrogens (tertiary/aromatic N) is 3. The molecule has 1 N–H and O–H groups in total. The lowest BCUT2D eigenvalue weighted by atomic mass is 10.2. The number of benzene rings is 1. The van der Waals surface area contributed by atoms with Gasteiger partial charge in [0.1, 0.15) is 23.7 Å². The van der Waals surface area contributed by atoms with Crippen LogP contribution >= 0.6 is 11.8 Å². The highest BCUT2D eigenvalue weighted by atomic mass is 32.2. The second kappa shape index (κ2) is 9.81. The van der Waals surface area contributed by atoms with Crippen LogP contribution in [0.5, 0.6) is 11.5 Å². The maximum absolute atomic E-state index is 12.2. The fourth-order valence-corrected chi connectivity index (χ4v) is 2.91. The molecule has 0 aliphatic heterocycles. The number of carbonyl (C=O) groups excluding carboxylic acids is 2. The van der Waals surface area contributed by atoms with Gasteiger partial charge in [0.2, 0.25) is 5.91 Å². The summed E-state index contributed by atoms with van der Waals surface area (Å²) in [6.07, 6.45) is 0.0349. The minimum atomic E-state index is -0.367. The van der Waals surface area contributed by atoms with Crippen molar-refractivity contribution in [3.63, 3.8) is 0 Å². The van der Waals surface area contributed by atoms with Gasteiger partial charge in [-0.05, 0) is 19.1 Å². The van der Waals surface area contributed by atoms with Crippen LogP contribution in [0, 0.1) is 0 Å². The number of nitrogens with one attached hydrogen (secondary N) is 1. The molecule has 0 saturated heterocycles. The van der Waals surface area contributed by atoms with E-state index < -0.39 is 0 Å². The molecular weight excluding hydrogens is 372 g/mol. The van der Waals surface area contributed by atoms with Gasteiger partial charge in [0, 0.05) is 13.1 Å². The number of anilines is 1. The highest BCUT2D eigenvalue weighted by Gasteiger charge is 2.15. The van der Waals surface area contributed by atoms with E-state index in [1.807, 2.05) is 0 Å². The molecule has 9 nitrogen and oxygen atoms in total. The van der Waals surface area contributed by atoms with Crippen molar-refractivity contribution >= 4 is 29.3 Å². The standard InChI is InChI=1S/C17H22N4O5S/c1-5-26-16(23)9-14-19-20-17(21(14)2)27-10-15(22)18-12-7-6-11(24-3)8-13(12)25-4/h6-8H,5,9-10H2,1-4H3,(H,18,22). The normalized spacial score (nSPS) is 10.4. The molecule has 0 atom stereocenters. The number of carbonyl (C=O) groups is 2. The minimum absolute atomic E-state index is 0.0349. The summed E-state index contributed by atoms with van der Waals surface area (Å²) in [6, 6.07) is 5.13. The Morgan fingerprint density at radius 2 is 2.00 bits per heavy atom. The monoisotopic (exact) mass is 394 g/mol. The number of aromatic nitrogens is 3. The predicted octanol–water partition coefficient (Wildman–Crippen LogP) is 1.67. The summed E-state index contributed by atoms with van der Waals surface area (Å²) in [5.41, 5.74) is 0.546. The first-order valence-corrected chi connectivity index (χ1v) is 9.15. The van der Waals surface area contributed by atoms with Gasteiger partial charge in [0.05, 0.1) is 32.3 Å². The molecule has 1 aromatic heterocycles. The van der Waals surface area contributed by atoms with Crippen molar-refractivity contribution in [3.05, 3.63) is 24.0 Å². The number of rotatable bonds is 9. The lowest BCUT2D eigenvalue weighted by Crippen LogP contribution is -2.15. The predicted molar refractivity (Wildman–Crippen MR) is 100 cm³/mol. The summed E-state index contributed by atoms with van der Waals surface area (Å²) in [4.78, 5) is 23.8. The van der Waals surface area contributed by atoms with Crippen molar-refractivity contribution in [3.8, 4) is 11.5 Å². The van der Waals surface area contributed by atoms with Crippen LogP contribution in [-0.4, -0.2) is 53.2 Å². The molecule has 1 amide bonds. The SMILES string of the molecule is CCOC(=O)Cc1nnc(SCC(=O)Nc2ccc(OC)cc2OC)n1C. The van der Waals surface area contributed by atoms with Crippen molar-refractivity contribution in [1.29, 1.82) is 0 Å². The Labute approximate surface area is 161 Å². The Bertz CT molecular complexity index is 809. The van der Waals surface area contributed by atoms with Crippen molar-refractivity contribution in [2.24, 2.45) is 7.05 Å². The number of esters is 1. The van der Waals surface area contributed by atoms with E-state index in [2.05, 4.69) is 15.5 Å². The van der Waals surface area contributed by atoms with Crippen LogP contribution in [0.4, 0.5) is 5.69 Å². The van der Waals surface area contributed by atoms with Gasteiger partial charge in [-0.1, -0.05) is 11.8 Å². The first kappa shape index (κ1) is 20.6. The molecule has 0 unspecified atom stereocenters. The molecule has 2 rings (SSSR count). The van der Waals surface area contributed by atoms with Gasteiger partial charge in [0.15, 0.2) is 5.16 Å². The Kier molecular flexibility index (Phi) is 7.47. The van der Waals surface area contributed by atoms with Crippen LogP contribution in [0.1, 0.15) is 12.7 Å². The number of hydrogen-bond donors (Lipinski definition) is 1. The number of thioether (sulfide) groups is 1. The summed E-state index contributed by atoms with van der Waals surface area (Å²) in [6.45, 7) is 2.06. The van der Waals surface area contributed by atoms with Gasteiger partial charge in [-0.25, -0.2) is 0 Å². The topological polar surface area (TPSA) is 105 Å². The zero-order valence-corrected chi connectivity index (χ0v) is 16.5. The quantitative estimate of drug-likeness (QED) is 0.506. The fourth-order valence-electron chi connectivity index (χ4n) is 2.18. The van der Waals surface area contributed by atoms with Crippen LogP contribution in [0.25, 0.3) is 0 Å². The molecule has 27 heavy (non-hydrogen) atoms. The molecule has 0 aliphatic carbocycles. The summed E-state index contributed by atoms with van der Waals surface area (Å²) < 4.78 is 17.0. The zero-order valence-electron chi connectivity index (χ0n) is 15.6. The third-order valence-electron chi connectivity index (χ3n) is 3.55. The van der Waals surface area contributed by atoms with Crippen LogP contribution in [0.3, 0.4) is 0 Å². The number of ether oxygens (including phenoxy) is 3. The smallest absolute Gasteiger partial charge is 0.313 e. The number of hydrogen-bond acceptors (Lipinski definition) is 8. The third kappa shape index (κ3) is 5.61. The lowest BCUT2D eigenvalue weighted by Gasteiger charge is -2.11. The average Bonchev–Trinajstić information content (AvgIpc) is 3.00. The number of methoxy groups -OCH3 is 2. The highest BCUT2D eigenvalue weighted by Crippen LogP contribution is 2.29. The molecule has 1 heterocycles. The van der Waals surface area contributed by atoms with E-state index in [-0.39, 0.29) is 24.1 Å². The summed E-state index contributed by atoms with van der Waals surface area (Å²) in [7, 11) is 4.81. The average molecular weight is 394 g/mol. The highest BCUT2D eigenvalue weighted by molar-refractivity contribution is 7.99. The van der Waals surface area contributed by atoms with Crippen molar-refractivity contribution in [2.45, 2.75) is 18.5 Å². The van der Waals surface area contributed by atoms with Gasteiger partial charge < -0.3 is 24.1 Å². The molecule has 0 bridgehead atoms. The van der Waals surface area contributed by atoms with E-state index in [1.165, 1.54) is 18.9 Å². The Hall–Kier alpha value is -2.75. The van der Waals surface area contributed by atoms with Crippen molar-refractivity contribution in [1.82, 2.24) is 14.8 Å². The Balaban J connectivity index is 1.94. The largest absolute Gasteiger partial charge is 0.497 e. The summed E-state index contributed by atoms with van der Waals surface area (Å²) in [5.74, 6) is 1.15. The molecular formula is C17H22N4O5S. The first-order chi connectivity index (χ1) is 13.0. The fraction of sp³-hybridized carbons (Fsp3) is 0.412. The van der Waals surface area contributed by atoms with Gasteiger partial charge >= 0.3 is 5.97 Å². The van der Waals surface area contributed by atoms with Crippen molar-refractivity contribution < 1.29 is 23.8 Å². The first-order valence-electron chi connectivity index (χ1n) is 8.17. The molecule has 10 heteroatoms. The van der Waals surface area contributed by atoms with E-state index in [9.17, 15) is 9.59 Å². The van der Waals surface area contributed by atoms with E-state index >= 15 is 0 Å². The molecule has 1 aromatic carbocycles. The second-order valence-electron chi connectivity index (χ2n) is 5.34. The van der Waals surface area contributed by atoms with Crippen LogP contribution in [-0.2, 0) is 27.8 Å². The van der Waals surface area contributed by atoms with Crippen LogP contribution < -0.4 is 14.8 Å². The number of amides is 1. The lowest BCUT2D eigenvalue weighted by molar-refractivity contribution is -0.142. The van der Waals surface area contributed by atoms with Gasteiger partial charge in [-0.3, -0.25) is 9.59 Å². The maximum Gasteiger partial charge on any atom is 0.313 e. The summed E-state index contributed by atoms with van der Waals surface area (Å²) >= 11 is 1.22. The zero-order chi connectivity index (χ0) is 19.8. The minimum Gasteiger partial charge on any atom is -0.497 e. The summed E-state index contributed by atoms with van der Waals surface area (Å²) in [5, 5.41) is 11.3. The van der Waals surface area contributed by atoms with Crippen molar-refractivity contribution in [2.75, 3.05) is 31.9 Å². The van der Waals surface area contributed by atoms with E-state index in [1.54, 1.807) is 43.8 Å². The molecule has 0 fully saturated rings. The van der Waals surface area contributed by atoms with E-state index in [0.29, 0.717) is 34.8 Å². The molecule has 146 valence electrons. The molecule has 0 saturated carbocycles. The van der Waals surface area contributed by atoms with Gasteiger partial charge in [0.25, 0.3) is 0 Å². The van der Waals surface area contributed by atoms with E-state index in [4.69, 9.17) is 14.2 Å². The third-order valence-corrected chi connectivity index (χ3v) is 4.57. The van der Waals surface area contributed by atoms with Crippen LogP contribution in [0.2, 0.25) is 0 Å². The Morgan fingerprint density at radius 3 is 2.67 bits per heavy atom. The molecule has 0 aliphatic rings. The Morgan fingerprint density at radius 1 is 1.22 bits per heavy atom. The molecule has 2 aromatic rings. The molecule has 0 radical (unpaired) electrons. The maximum atomic E-state index is 12.2. The molecule has 0 spiro atoms.